The van der Waals surface area contributed by atoms with E-state index in [0.29, 0.717) is 32.7 Å². The number of nitrogens with two attached hydrogens (primary N) is 1. The molecule has 3 nitrogen and oxygen atoms in total. The highest BCUT2D eigenvalue weighted by molar-refractivity contribution is 5.85. The van der Waals surface area contributed by atoms with E-state index < -0.39 is 18.9 Å². The lowest BCUT2D eigenvalue weighted by Crippen LogP contribution is -2.52. The van der Waals surface area contributed by atoms with E-state index in [1.54, 1.807) is 0 Å². The van der Waals surface area contributed by atoms with Crippen molar-refractivity contribution in [2.24, 2.45) is 5.73 Å². The van der Waals surface area contributed by atoms with Gasteiger partial charge in [-0.3, -0.25) is 9.80 Å². The molecule has 9 heteroatoms. The molecule has 1 saturated heterocycles. The van der Waals surface area contributed by atoms with Gasteiger partial charge in [-0.15, -0.1) is 24.8 Å². The lowest BCUT2D eigenvalue weighted by Gasteiger charge is -2.35. The summed E-state index contributed by atoms with van der Waals surface area (Å²) in [7, 11) is 0. The van der Waals surface area contributed by atoms with E-state index in [-0.39, 0.29) is 24.8 Å². The lowest BCUT2D eigenvalue weighted by molar-refractivity contribution is -0.144. The molecule has 0 aromatic carbocycles. The van der Waals surface area contributed by atoms with Crippen molar-refractivity contribution < 1.29 is 17.6 Å². The highest BCUT2D eigenvalue weighted by Crippen LogP contribution is 2.24. The fraction of sp³-hybridized carbons (Fsp3) is 1.00. The molecular weight excluding hydrogens is 297 g/mol. The zero-order chi connectivity index (χ0) is 12.2. The van der Waals surface area contributed by atoms with Crippen molar-refractivity contribution in [1.82, 2.24) is 9.80 Å². The van der Waals surface area contributed by atoms with Gasteiger partial charge in [0.25, 0.3) is 0 Å². The number of alkyl halides is 4. The predicted molar refractivity (Wildman–Crippen MR) is 67.4 cm³/mol. The van der Waals surface area contributed by atoms with Crippen molar-refractivity contribution in [1.29, 1.82) is 0 Å². The molecule has 0 aromatic rings. The Morgan fingerprint density at radius 1 is 1.00 bits per heavy atom. The number of hydrogen-bond acceptors (Lipinski definition) is 3. The Balaban J connectivity index is 0. The van der Waals surface area contributed by atoms with Crippen LogP contribution >= 0.6 is 24.8 Å². The second kappa shape index (κ2) is 9.14. The van der Waals surface area contributed by atoms with E-state index in [9.17, 15) is 17.6 Å². The minimum atomic E-state index is -3.91. The van der Waals surface area contributed by atoms with Gasteiger partial charge in [0.2, 0.25) is 0 Å². The maximum absolute atomic E-state index is 12.8. The van der Waals surface area contributed by atoms with Crippen molar-refractivity contribution in [2.75, 3.05) is 45.8 Å². The summed E-state index contributed by atoms with van der Waals surface area (Å²) in [6.07, 6.45) is -3.59. The summed E-state index contributed by atoms with van der Waals surface area (Å²) in [6.45, 7) is 2.38. The molecular formula is C9H19Cl2F4N3. The molecule has 0 saturated carbocycles. The Morgan fingerprint density at radius 3 is 1.83 bits per heavy atom. The molecule has 0 aromatic heterocycles. The summed E-state index contributed by atoms with van der Waals surface area (Å²) >= 11 is 0. The smallest absolute Gasteiger partial charge is 0.319 e. The van der Waals surface area contributed by atoms with E-state index in [1.165, 1.54) is 4.90 Å². The Hall–Kier alpha value is 0.180. The van der Waals surface area contributed by atoms with Crippen molar-refractivity contribution >= 4 is 24.8 Å². The first-order valence-corrected chi connectivity index (χ1v) is 5.26. The third-order valence-corrected chi connectivity index (χ3v) is 2.66. The second-order valence-corrected chi connectivity index (χ2v) is 3.97. The normalized spacial score (nSPS) is 18.3. The van der Waals surface area contributed by atoms with Crippen LogP contribution in [0.1, 0.15) is 0 Å². The monoisotopic (exact) mass is 315 g/mol. The molecule has 1 aliphatic rings. The fourth-order valence-corrected chi connectivity index (χ4v) is 1.72. The maximum Gasteiger partial charge on any atom is 0.319 e. The molecule has 1 fully saturated rings. The third-order valence-electron chi connectivity index (χ3n) is 2.66. The van der Waals surface area contributed by atoms with Crippen LogP contribution in [0.4, 0.5) is 17.6 Å². The first kappa shape index (κ1) is 20.5. The van der Waals surface area contributed by atoms with Gasteiger partial charge in [-0.2, -0.15) is 8.78 Å². The first-order chi connectivity index (χ1) is 7.45. The summed E-state index contributed by atoms with van der Waals surface area (Å²) in [5.41, 5.74) is 5.36. The van der Waals surface area contributed by atoms with Gasteiger partial charge in [-0.1, -0.05) is 0 Å². The van der Waals surface area contributed by atoms with E-state index in [1.807, 2.05) is 4.90 Å². The minimum Gasteiger partial charge on any atom is -0.329 e. The molecule has 0 amide bonds. The zero-order valence-electron chi connectivity index (χ0n) is 9.83. The fourth-order valence-electron chi connectivity index (χ4n) is 1.72. The number of piperazine rings is 1. The van der Waals surface area contributed by atoms with Crippen molar-refractivity contribution in [3.63, 3.8) is 0 Å². The van der Waals surface area contributed by atoms with Crippen LogP contribution in [0.3, 0.4) is 0 Å². The second-order valence-electron chi connectivity index (χ2n) is 3.97. The SMILES string of the molecule is Cl.Cl.NCCN1CCN(CC(F)(F)C(F)F)CC1. The van der Waals surface area contributed by atoms with E-state index in [0.717, 1.165) is 6.54 Å². The largest absolute Gasteiger partial charge is 0.329 e. The van der Waals surface area contributed by atoms with Gasteiger partial charge in [0, 0.05) is 39.3 Å². The molecule has 0 bridgehead atoms. The standard InChI is InChI=1S/C9H17F4N3.2ClH/c10-8(11)9(12,13)7-16-5-3-15(2-1-14)4-6-16;;/h8H,1-7,14H2;2*1H. The van der Waals surface area contributed by atoms with Crippen LogP contribution in [-0.4, -0.2) is 68.0 Å². The van der Waals surface area contributed by atoms with Crippen LogP contribution < -0.4 is 5.73 Å². The molecule has 112 valence electrons. The molecule has 1 heterocycles. The van der Waals surface area contributed by atoms with Crippen LogP contribution in [0.25, 0.3) is 0 Å². The van der Waals surface area contributed by atoms with Gasteiger partial charge in [0.15, 0.2) is 0 Å². The van der Waals surface area contributed by atoms with Crippen molar-refractivity contribution in [3.8, 4) is 0 Å². The summed E-state index contributed by atoms with van der Waals surface area (Å²) in [6, 6.07) is 0. The molecule has 0 atom stereocenters. The van der Waals surface area contributed by atoms with Crippen LogP contribution in [0.5, 0.6) is 0 Å². The number of nitrogens with zero attached hydrogens (tertiary/aromatic N) is 2. The number of hydrogen-bond donors (Lipinski definition) is 1. The highest BCUT2D eigenvalue weighted by Gasteiger charge is 2.42. The van der Waals surface area contributed by atoms with Crippen LogP contribution in [0.15, 0.2) is 0 Å². The van der Waals surface area contributed by atoms with Gasteiger partial charge in [0.05, 0.1) is 6.54 Å². The average molecular weight is 316 g/mol. The summed E-state index contributed by atoms with van der Waals surface area (Å²) < 4.78 is 49.4. The zero-order valence-corrected chi connectivity index (χ0v) is 11.5. The van der Waals surface area contributed by atoms with Crippen molar-refractivity contribution in [3.05, 3.63) is 0 Å². The van der Waals surface area contributed by atoms with Crippen LogP contribution in [-0.2, 0) is 0 Å². The quantitative estimate of drug-likeness (QED) is 0.776. The topological polar surface area (TPSA) is 32.5 Å². The molecule has 0 unspecified atom stereocenters. The number of rotatable bonds is 5. The summed E-state index contributed by atoms with van der Waals surface area (Å²) in [5.74, 6) is -3.91. The van der Waals surface area contributed by atoms with Gasteiger partial charge in [-0.05, 0) is 0 Å². The highest BCUT2D eigenvalue weighted by atomic mass is 35.5. The Kier molecular flexibility index (Phi) is 10.4. The maximum atomic E-state index is 12.8. The lowest BCUT2D eigenvalue weighted by atomic mass is 10.2. The molecule has 1 rings (SSSR count). The van der Waals surface area contributed by atoms with Gasteiger partial charge in [0.1, 0.15) is 0 Å². The van der Waals surface area contributed by atoms with E-state index in [4.69, 9.17) is 5.73 Å². The third kappa shape index (κ3) is 6.38. The molecule has 18 heavy (non-hydrogen) atoms. The first-order valence-electron chi connectivity index (χ1n) is 5.26. The Labute approximate surface area is 116 Å². The average Bonchev–Trinajstić information content (AvgIpc) is 2.21. The van der Waals surface area contributed by atoms with Crippen molar-refractivity contribution in [2.45, 2.75) is 12.3 Å². The van der Waals surface area contributed by atoms with Crippen LogP contribution in [0.2, 0.25) is 0 Å². The Bertz CT molecular complexity index is 214. The van der Waals surface area contributed by atoms with Gasteiger partial charge < -0.3 is 5.73 Å². The van der Waals surface area contributed by atoms with E-state index in [2.05, 4.69) is 0 Å². The van der Waals surface area contributed by atoms with Gasteiger partial charge >= 0.3 is 12.3 Å². The molecule has 2 N–H and O–H groups in total. The Morgan fingerprint density at radius 2 is 1.44 bits per heavy atom. The minimum absolute atomic E-state index is 0. The van der Waals surface area contributed by atoms with E-state index >= 15 is 0 Å². The molecule has 0 aliphatic carbocycles. The molecule has 1 aliphatic heterocycles. The van der Waals surface area contributed by atoms with Gasteiger partial charge in [-0.25, -0.2) is 8.78 Å². The summed E-state index contributed by atoms with van der Waals surface area (Å²) in [5, 5.41) is 0. The number of halogens is 6. The summed E-state index contributed by atoms with van der Waals surface area (Å²) in [4.78, 5) is 3.41. The van der Waals surface area contributed by atoms with Crippen LogP contribution in [0, 0.1) is 0 Å². The molecule has 0 radical (unpaired) electrons. The predicted octanol–water partition coefficient (Wildman–Crippen LogP) is 1.31. The molecule has 0 spiro atoms.